The molecule has 19 heteroatoms. The van der Waals surface area contributed by atoms with Crippen molar-refractivity contribution in [3.8, 4) is 0 Å². The zero-order valence-corrected chi connectivity index (χ0v) is 63.2. The normalized spacial score (nSPS) is 14.1. The number of aliphatic hydroxyl groups excluding tert-OH is 1. The summed E-state index contributed by atoms with van der Waals surface area (Å²) in [7, 11) is -9.91. The minimum atomic E-state index is -4.96. The quantitative estimate of drug-likeness (QED) is 0.0222. The van der Waals surface area contributed by atoms with E-state index in [2.05, 4.69) is 48.5 Å². The summed E-state index contributed by atoms with van der Waals surface area (Å²) in [5.41, 5.74) is 0. The number of carbonyl (C=O) groups excluding carboxylic acids is 4. The van der Waals surface area contributed by atoms with Gasteiger partial charge in [0.15, 0.2) is 12.2 Å². The predicted molar refractivity (Wildman–Crippen MR) is 381 cm³/mol. The minimum Gasteiger partial charge on any atom is -0.462 e. The number of esters is 4. The van der Waals surface area contributed by atoms with Crippen molar-refractivity contribution in [3.05, 3.63) is 0 Å². The number of carbonyl (C=O) groups is 4. The largest absolute Gasteiger partial charge is 0.472 e. The summed E-state index contributed by atoms with van der Waals surface area (Å²) in [6.07, 6.45) is 51.4. The monoisotopic (exact) mass is 1380 g/mol. The fourth-order valence-electron chi connectivity index (χ4n) is 11.4. The summed E-state index contributed by atoms with van der Waals surface area (Å²) in [6, 6.07) is 0. The number of hydrogen-bond acceptors (Lipinski definition) is 15. The van der Waals surface area contributed by atoms with Gasteiger partial charge in [-0.1, -0.05) is 331 Å². The molecule has 0 saturated carbocycles. The Hall–Kier alpha value is -1.94. The van der Waals surface area contributed by atoms with Crippen molar-refractivity contribution >= 4 is 39.5 Å². The SMILES string of the molecule is CCCCCCCCCCCCCCCCC(=O)OC[C@H](COP(=O)(O)OC[C@@H](O)COP(=O)(O)OC[C@@H](COC(=O)CCCCCCCCCCC(C)C)OC(=O)CCCCCCCCCCC(C)C)OC(=O)CCCCCCCCCCCCCCCCCC(C)C. The van der Waals surface area contributed by atoms with Crippen molar-refractivity contribution in [1.29, 1.82) is 0 Å². The first-order valence-corrected chi connectivity index (χ1v) is 41.8. The van der Waals surface area contributed by atoms with Crippen LogP contribution in [0.4, 0.5) is 0 Å². The van der Waals surface area contributed by atoms with Crippen molar-refractivity contribution < 1.29 is 80.2 Å². The molecule has 0 aliphatic heterocycles. The Morgan fingerprint density at radius 3 is 0.723 bits per heavy atom. The second-order valence-corrected chi connectivity index (χ2v) is 31.4. The molecule has 0 bridgehead atoms. The van der Waals surface area contributed by atoms with E-state index in [9.17, 15) is 43.2 Å². The highest BCUT2D eigenvalue weighted by atomic mass is 31.2. The molecule has 17 nitrogen and oxygen atoms in total. The van der Waals surface area contributed by atoms with Crippen LogP contribution >= 0.6 is 15.6 Å². The smallest absolute Gasteiger partial charge is 0.462 e. The van der Waals surface area contributed by atoms with Crippen LogP contribution < -0.4 is 0 Å². The molecule has 558 valence electrons. The maximum atomic E-state index is 13.1. The third-order valence-corrected chi connectivity index (χ3v) is 19.3. The lowest BCUT2D eigenvalue weighted by Crippen LogP contribution is -2.30. The van der Waals surface area contributed by atoms with Gasteiger partial charge in [-0.3, -0.25) is 37.3 Å². The van der Waals surface area contributed by atoms with E-state index in [0.29, 0.717) is 25.7 Å². The van der Waals surface area contributed by atoms with Crippen LogP contribution in [-0.4, -0.2) is 96.7 Å². The summed E-state index contributed by atoms with van der Waals surface area (Å²) < 4.78 is 68.5. The molecule has 0 heterocycles. The molecule has 5 atom stereocenters. The summed E-state index contributed by atoms with van der Waals surface area (Å²) in [4.78, 5) is 72.8. The highest BCUT2D eigenvalue weighted by Crippen LogP contribution is 2.45. The molecule has 0 fully saturated rings. The number of phosphoric ester groups is 2. The third-order valence-electron chi connectivity index (χ3n) is 17.4. The zero-order valence-electron chi connectivity index (χ0n) is 61.4. The van der Waals surface area contributed by atoms with Gasteiger partial charge in [0, 0.05) is 25.7 Å². The highest BCUT2D eigenvalue weighted by Gasteiger charge is 2.30. The molecule has 0 aliphatic carbocycles. The Balaban J connectivity index is 5.24. The molecule has 94 heavy (non-hydrogen) atoms. The van der Waals surface area contributed by atoms with Crippen molar-refractivity contribution in [1.82, 2.24) is 0 Å². The summed E-state index contributed by atoms with van der Waals surface area (Å²) in [6.45, 7) is 11.8. The first-order valence-electron chi connectivity index (χ1n) is 38.8. The van der Waals surface area contributed by atoms with E-state index >= 15 is 0 Å². The van der Waals surface area contributed by atoms with Crippen molar-refractivity contribution in [2.75, 3.05) is 39.6 Å². The van der Waals surface area contributed by atoms with E-state index < -0.39 is 97.5 Å². The van der Waals surface area contributed by atoms with Crippen LogP contribution in [0.5, 0.6) is 0 Å². The maximum Gasteiger partial charge on any atom is 0.472 e. The van der Waals surface area contributed by atoms with Crippen LogP contribution in [0, 0.1) is 17.8 Å². The lowest BCUT2D eigenvalue weighted by Gasteiger charge is -2.21. The maximum absolute atomic E-state index is 13.1. The first-order chi connectivity index (χ1) is 45.2. The van der Waals surface area contributed by atoms with E-state index in [4.69, 9.17) is 37.0 Å². The number of unbranched alkanes of at least 4 members (excludes halogenated alkanes) is 41. The van der Waals surface area contributed by atoms with E-state index in [1.54, 1.807) is 0 Å². The van der Waals surface area contributed by atoms with Gasteiger partial charge in [-0.2, -0.15) is 0 Å². The van der Waals surface area contributed by atoms with Gasteiger partial charge in [-0.05, 0) is 43.4 Å². The summed E-state index contributed by atoms with van der Waals surface area (Å²) in [5, 5.41) is 10.6. The lowest BCUT2D eigenvalue weighted by molar-refractivity contribution is -0.161. The van der Waals surface area contributed by atoms with Crippen LogP contribution in [0.15, 0.2) is 0 Å². The second kappa shape index (κ2) is 65.7. The molecule has 0 spiro atoms. The van der Waals surface area contributed by atoms with Gasteiger partial charge in [0.25, 0.3) is 0 Å². The van der Waals surface area contributed by atoms with E-state index in [0.717, 1.165) is 108 Å². The van der Waals surface area contributed by atoms with Gasteiger partial charge >= 0.3 is 39.5 Å². The van der Waals surface area contributed by atoms with E-state index in [-0.39, 0.29) is 25.7 Å². The van der Waals surface area contributed by atoms with E-state index in [1.807, 2.05) is 0 Å². The topological polar surface area (TPSA) is 237 Å². The number of phosphoric acid groups is 2. The lowest BCUT2D eigenvalue weighted by atomic mass is 10.0. The van der Waals surface area contributed by atoms with Crippen molar-refractivity contribution in [2.24, 2.45) is 17.8 Å². The van der Waals surface area contributed by atoms with Gasteiger partial charge in [-0.25, -0.2) is 9.13 Å². The van der Waals surface area contributed by atoms with Gasteiger partial charge < -0.3 is 33.8 Å². The molecule has 0 rings (SSSR count). The van der Waals surface area contributed by atoms with Crippen LogP contribution in [0.25, 0.3) is 0 Å². The Bertz CT molecular complexity index is 1840. The molecule has 0 saturated heterocycles. The molecule has 0 aromatic carbocycles. The fraction of sp³-hybridized carbons (Fsp3) is 0.947. The summed E-state index contributed by atoms with van der Waals surface area (Å²) >= 11 is 0. The number of aliphatic hydroxyl groups is 1. The van der Waals surface area contributed by atoms with Crippen LogP contribution in [-0.2, 0) is 65.4 Å². The first kappa shape index (κ1) is 92.1. The number of ether oxygens (including phenoxy) is 4. The van der Waals surface area contributed by atoms with Gasteiger partial charge in [0.1, 0.15) is 19.3 Å². The van der Waals surface area contributed by atoms with Crippen molar-refractivity contribution in [2.45, 2.75) is 401 Å². The van der Waals surface area contributed by atoms with Crippen LogP contribution in [0.1, 0.15) is 382 Å². The molecule has 0 radical (unpaired) electrons. The molecule has 0 aliphatic rings. The summed E-state index contributed by atoms with van der Waals surface area (Å²) in [5.74, 6) is 0.127. The second-order valence-electron chi connectivity index (χ2n) is 28.5. The Morgan fingerprint density at radius 1 is 0.287 bits per heavy atom. The van der Waals surface area contributed by atoms with Gasteiger partial charge in [-0.15, -0.1) is 0 Å². The standard InChI is InChI=1S/C75H146O17P2/c1-8-9-10-11-12-13-14-15-20-23-26-35-42-49-56-72(77)85-62-70(91-74(79)58-51-44-37-27-24-21-18-16-17-19-22-25-32-39-46-53-66(2)3)64-89-93(81,82)87-60-69(76)61-88-94(83,84)90-65-71(92-75(80)59-52-45-38-31-29-34-41-48-55-68(6)7)63-86-73(78)57-50-43-36-30-28-33-40-47-54-67(4)5/h66-71,76H,8-65H2,1-7H3,(H,81,82)(H,83,84)/t69-,70-,71-/m1/s1. The van der Waals surface area contributed by atoms with Crippen LogP contribution in [0.2, 0.25) is 0 Å². The number of hydrogen-bond donors (Lipinski definition) is 3. The zero-order chi connectivity index (χ0) is 69.4. The minimum absolute atomic E-state index is 0.104. The van der Waals surface area contributed by atoms with Gasteiger partial charge in [0.05, 0.1) is 26.4 Å². The number of rotatable bonds is 73. The highest BCUT2D eigenvalue weighted by molar-refractivity contribution is 7.47. The average molecular weight is 1380 g/mol. The van der Waals surface area contributed by atoms with Crippen molar-refractivity contribution in [3.63, 3.8) is 0 Å². The third kappa shape index (κ3) is 68.6. The fourth-order valence-corrected chi connectivity index (χ4v) is 13.0. The molecular weight excluding hydrogens is 1230 g/mol. The Morgan fingerprint density at radius 2 is 0.489 bits per heavy atom. The molecular formula is C75H146O17P2. The molecule has 2 unspecified atom stereocenters. The molecule has 0 amide bonds. The average Bonchev–Trinajstić information content (AvgIpc) is 1.99. The molecule has 0 aromatic heterocycles. The Kier molecular flexibility index (Phi) is 64.3. The van der Waals surface area contributed by atoms with Crippen LogP contribution in [0.3, 0.4) is 0 Å². The predicted octanol–water partition coefficient (Wildman–Crippen LogP) is 21.8. The molecule has 3 N–H and O–H groups in total. The Labute approximate surface area is 575 Å². The molecule has 0 aromatic rings. The van der Waals surface area contributed by atoms with Gasteiger partial charge in [0.2, 0.25) is 0 Å². The van der Waals surface area contributed by atoms with E-state index in [1.165, 1.54) is 193 Å².